The van der Waals surface area contributed by atoms with Crippen LogP contribution in [0.5, 0.6) is 0 Å². The third-order valence-corrected chi connectivity index (χ3v) is 24.1. The first-order valence-electron chi connectivity index (χ1n) is 17.1. The molecule has 0 radical (unpaired) electrons. The van der Waals surface area contributed by atoms with E-state index in [-0.39, 0.29) is 0 Å². The summed E-state index contributed by atoms with van der Waals surface area (Å²) in [5, 5.41) is 0. The van der Waals surface area contributed by atoms with Crippen molar-refractivity contribution < 1.29 is 0 Å². The monoisotopic (exact) mass is 616 g/mol. The summed E-state index contributed by atoms with van der Waals surface area (Å²) >= 11 is 0. The first-order valence-corrected chi connectivity index (χ1v) is 22.4. The summed E-state index contributed by atoms with van der Waals surface area (Å²) in [6.07, 6.45) is 21.4. The summed E-state index contributed by atoms with van der Waals surface area (Å²) in [5.41, 5.74) is 14.9. The average Bonchev–Trinajstić information content (AvgIpc) is 3.88. The van der Waals surface area contributed by atoms with Crippen LogP contribution in [0, 0.1) is 0 Å². The van der Waals surface area contributed by atoms with E-state index in [9.17, 15) is 0 Å². The zero-order chi connectivity index (χ0) is 30.6. The normalized spacial score (nSPS) is 24.4. The SMILES string of the molecule is CC(C)[Si](CCC[Si](C)(C1C=Cc2ccccc21)C1C=Cc2ccccc21)(C1C=Cc2ccccc21)C1C=Cc2ccccc21. The Bertz CT molecular complexity index is 1750. The maximum Gasteiger partial charge on any atom is 0.0799 e. The fourth-order valence-electron chi connectivity index (χ4n) is 9.88. The summed E-state index contributed by atoms with van der Waals surface area (Å²) in [4.78, 5) is 0. The number of benzene rings is 4. The molecular weight excluding hydrogens is 573 g/mol. The van der Waals surface area contributed by atoms with Gasteiger partial charge in [0, 0.05) is 0 Å². The van der Waals surface area contributed by atoms with Gasteiger partial charge in [-0.3, -0.25) is 0 Å². The number of allylic oxidation sites excluding steroid dienone is 4. The summed E-state index contributed by atoms with van der Waals surface area (Å²) in [6, 6.07) is 39.6. The van der Waals surface area contributed by atoms with Crippen LogP contribution in [0.2, 0.25) is 24.2 Å². The molecule has 4 aliphatic carbocycles. The van der Waals surface area contributed by atoms with Crippen molar-refractivity contribution in [2.24, 2.45) is 0 Å². The van der Waals surface area contributed by atoms with E-state index in [1.807, 2.05) is 0 Å². The van der Waals surface area contributed by atoms with Crippen molar-refractivity contribution in [3.63, 3.8) is 0 Å². The maximum atomic E-state index is 2.75. The van der Waals surface area contributed by atoms with Gasteiger partial charge in [-0.2, -0.15) is 0 Å². The van der Waals surface area contributed by atoms with E-state index in [4.69, 9.17) is 0 Å². The molecule has 0 fully saturated rings. The quantitative estimate of drug-likeness (QED) is 0.164. The highest BCUT2D eigenvalue weighted by Crippen LogP contribution is 2.56. The zero-order valence-electron chi connectivity index (χ0n) is 26.9. The Morgan fingerprint density at radius 3 is 1.18 bits per heavy atom. The highest BCUT2D eigenvalue weighted by Gasteiger charge is 2.52. The molecule has 0 nitrogen and oxygen atoms in total. The lowest BCUT2D eigenvalue weighted by Crippen LogP contribution is -2.50. The third-order valence-electron chi connectivity index (χ3n) is 12.2. The van der Waals surface area contributed by atoms with Gasteiger partial charge in [0.25, 0.3) is 0 Å². The Morgan fingerprint density at radius 1 is 0.467 bits per heavy atom. The first-order chi connectivity index (χ1) is 22.0. The van der Waals surface area contributed by atoms with E-state index in [0.29, 0.717) is 27.7 Å². The number of hydrogen-bond donors (Lipinski definition) is 0. The molecule has 0 aromatic heterocycles. The Hall–Kier alpha value is -3.73. The number of fused-ring (bicyclic) bond motifs is 4. The topological polar surface area (TPSA) is 0 Å². The maximum absolute atomic E-state index is 2.75. The minimum Gasteiger partial charge on any atom is -0.0791 e. The third kappa shape index (κ3) is 4.52. The molecule has 0 saturated carbocycles. The molecule has 45 heavy (non-hydrogen) atoms. The molecule has 0 N–H and O–H groups in total. The molecule has 4 unspecified atom stereocenters. The van der Waals surface area contributed by atoms with E-state index in [0.717, 1.165) is 0 Å². The van der Waals surface area contributed by atoms with Crippen molar-refractivity contribution in [2.75, 3.05) is 0 Å². The van der Waals surface area contributed by atoms with E-state index in [2.05, 4.69) is 166 Å². The Kier molecular flexibility index (Phi) is 7.19. The minimum absolute atomic E-state index is 0.543. The van der Waals surface area contributed by atoms with E-state index >= 15 is 0 Å². The number of rotatable bonds is 9. The van der Waals surface area contributed by atoms with Gasteiger partial charge in [-0.05, 0) is 72.2 Å². The number of hydrogen-bond acceptors (Lipinski definition) is 0. The summed E-state index contributed by atoms with van der Waals surface area (Å²) < 4.78 is 0. The highest BCUT2D eigenvalue weighted by atomic mass is 28.3. The van der Waals surface area contributed by atoms with Crippen LogP contribution in [0.3, 0.4) is 0 Å². The predicted molar refractivity (Wildman–Crippen MR) is 200 cm³/mol. The van der Waals surface area contributed by atoms with Gasteiger partial charge in [0.1, 0.15) is 0 Å². The second-order valence-corrected chi connectivity index (χ2v) is 24.4. The summed E-state index contributed by atoms with van der Waals surface area (Å²) in [7, 11) is -3.95. The van der Waals surface area contributed by atoms with Crippen molar-refractivity contribution in [2.45, 2.75) is 66.6 Å². The van der Waals surface area contributed by atoms with E-state index in [1.165, 1.54) is 40.8 Å². The lowest BCUT2D eigenvalue weighted by molar-refractivity contribution is 0.829. The van der Waals surface area contributed by atoms with Gasteiger partial charge in [0.2, 0.25) is 0 Å². The van der Waals surface area contributed by atoms with Crippen LogP contribution in [0.1, 0.15) is 86.9 Å². The smallest absolute Gasteiger partial charge is 0.0791 e. The molecule has 224 valence electrons. The van der Waals surface area contributed by atoms with Gasteiger partial charge in [0.05, 0.1) is 16.1 Å². The van der Waals surface area contributed by atoms with Crippen LogP contribution < -0.4 is 0 Å². The molecule has 4 aromatic carbocycles. The van der Waals surface area contributed by atoms with Gasteiger partial charge in [-0.25, -0.2) is 0 Å². The van der Waals surface area contributed by atoms with E-state index in [1.54, 1.807) is 22.3 Å². The van der Waals surface area contributed by atoms with Crippen molar-refractivity contribution in [3.8, 4) is 0 Å². The molecule has 2 heteroatoms. The van der Waals surface area contributed by atoms with Gasteiger partial charge >= 0.3 is 0 Å². The van der Waals surface area contributed by atoms with Crippen molar-refractivity contribution >= 4 is 40.5 Å². The van der Waals surface area contributed by atoms with Gasteiger partial charge < -0.3 is 0 Å². The van der Waals surface area contributed by atoms with Gasteiger partial charge in [-0.15, -0.1) is 0 Å². The molecule has 4 aromatic rings. The molecule has 0 aliphatic heterocycles. The molecule has 0 amide bonds. The Labute approximate surface area is 272 Å². The van der Waals surface area contributed by atoms with E-state index < -0.39 is 16.1 Å². The van der Waals surface area contributed by atoms with Crippen LogP contribution in [-0.4, -0.2) is 16.1 Å². The van der Waals surface area contributed by atoms with Crippen LogP contribution in [0.15, 0.2) is 121 Å². The molecular formula is C43H44Si2. The molecule has 0 spiro atoms. The average molecular weight is 617 g/mol. The molecule has 0 saturated heterocycles. The minimum atomic E-state index is -2.02. The lowest BCUT2D eigenvalue weighted by Gasteiger charge is -2.47. The molecule has 0 heterocycles. The molecule has 8 rings (SSSR count). The molecule has 0 bridgehead atoms. The second kappa shape index (κ2) is 11.3. The molecule has 4 aliphatic rings. The van der Waals surface area contributed by atoms with Crippen LogP contribution in [0.4, 0.5) is 0 Å². The van der Waals surface area contributed by atoms with Crippen molar-refractivity contribution in [1.82, 2.24) is 0 Å². The fraction of sp³-hybridized carbons (Fsp3) is 0.256. The van der Waals surface area contributed by atoms with Crippen LogP contribution in [0.25, 0.3) is 24.3 Å². The highest BCUT2D eigenvalue weighted by molar-refractivity contribution is 6.85. The molecule has 4 atom stereocenters. The van der Waals surface area contributed by atoms with Crippen molar-refractivity contribution in [3.05, 3.63) is 166 Å². The predicted octanol–water partition coefficient (Wildman–Crippen LogP) is 11.7. The Balaban J connectivity index is 1.20. The van der Waals surface area contributed by atoms with Crippen LogP contribution >= 0.6 is 0 Å². The zero-order valence-corrected chi connectivity index (χ0v) is 28.9. The first kappa shape index (κ1) is 28.7. The Morgan fingerprint density at radius 2 is 0.800 bits per heavy atom. The summed E-state index contributed by atoms with van der Waals surface area (Å²) in [5.74, 6) is 0. The second-order valence-electron chi connectivity index (χ2n) is 14.5. The van der Waals surface area contributed by atoms with Gasteiger partial charge in [-0.1, -0.05) is 185 Å². The van der Waals surface area contributed by atoms with Gasteiger partial charge in [0.15, 0.2) is 0 Å². The van der Waals surface area contributed by atoms with Crippen molar-refractivity contribution in [1.29, 1.82) is 0 Å². The lowest BCUT2D eigenvalue weighted by atomic mass is 10.1. The standard InChI is InChI=1S/C43H44Si2/c1-31(2)45(42-27-23-34-15-6-10-19-38(34)42,43-28-24-35-16-7-11-20-39(35)43)30-12-29-44(3,40-25-21-32-13-4-8-17-36(32)40)41-26-22-33-14-5-9-18-37(33)41/h4-11,13-28,31,40-43H,12,29-30H2,1-3H3. The fourth-order valence-corrected chi connectivity index (χ4v) is 21.6. The summed E-state index contributed by atoms with van der Waals surface area (Å²) in [6.45, 7) is 7.88. The van der Waals surface area contributed by atoms with Crippen LogP contribution in [-0.2, 0) is 0 Å². The largest absolute Gasteiger partial charge is 0.0799 e.